The second kappa shape index (κ2) is 5.89. The second-order valence-electron chi connectivity index (χ2n) is 4.04. The van der Waals surface area contributed by atoms with Gasteiger partial charge in [0.05, 0.1) is 17.4 Å². The molecule has 0 bridgehead atoms. The molecule has 0 radical (unpaired) electrons. The van der Waals surface area contributed by atoms with Crippen LogP contribution in [0.3, 0.4) is 0 Å². The Morgan fingerprint density at radius 2 is 1.82 bits per heavy atom. The predicted octanol–water partition coefficient (Wildman–Crippen LogP) is 1.77. The Morgan fingerprint density at radius 1 is 1.24 bits per heavy atom. The molecule has 4 nitrogen and oxygen atoms in total. The maximum atomic E-state index is 11.1. The highest BCUT2D eigenvalue weighted by molar-refractivity contribution is 5.94. The standard InChI is InChI=1S/C12H15NO3.ClH/c14-9-5-7-13(8-6-9)11-4-2-1-3-10(11)12(15)16;/h1-4,9,14H,5-8H2,(H,15,16);1H. The first kappa shape index (κ1) is 13.8. The van der Waals surface area contributed by atoms with Gasteiger partial charge in [-0.15, -0.1) is 12.4 Å². The van der Waals surface area contributed by atoms with Crippen molar-refractivity contribution < 1.29 is 15.0 Å². The molecule has 2 rings (SSSR count). The van der Waals surface area contributed by atoms with Gasteiger partial charge in [-0.25, -0.2) is 4.79 Å². The molecular weight excluding hydrogens is 242 g/mol. The average molecular weight is 258 g/mol. The summed E-state index contributed by atoms with van der Waals surface area (Å²) in [5.74, 6) is -0.901. The molecule has 1 aliphatic rings. The van der Waals surface area contributed by atoms with E-state index < -0.39 is 5.97 Å². The molecule has 1 aromatic carbocycles. The third-order valence-corrected chi connectivity index (χ3v) is 2.94. The molecule has 0 aromatic heterocycles. The van der Waals surface area contributed by atoms with Crippen molar-refractivity contribution in [2.24, 2.45) is 0 Å². The Balaban J connectivity index is 0.00000144. The molecule has 1 heterocycles. The van der Waals surface area contributed by atoms with Crippen molar-refractivity contribution in [2.45, 2.75) is 18.9 Å². The van der Waals surface area contributed by atoms with Gasteiger partial charge in [-0.05, 0) is 25.0 Å². The molecule has 0 saturated carbocycles. The highest BCUT2D eigenvalue weighted by atomic mass is 35.5. The molecule has 0 aliphatic carbocycles. The number of para-hydroxylation sites is 1. The lowest BCUT2D eigenvalue weighted by atomic mass is 10.1. The van der Waals surface area contributed by atoms with Crippen molar-refractivity contribution in [1.29, 1.82) is 0 Å². The Bertz CT molecular complexity index is 389. The van der Waals surface area contributed by atoms with Gasteiger partial charge < -0.3 is 15.1 Å². The van der Waals surface area contributed by atoms with Gasteiger partial charge in [-0.3, -0.25) is 0 Å². The molecule has 17 heavy (non-hydrogen) atoms. The fourth-order valence-electron chi connectivity index (χ4n) is 2.04. The number of aliphatic hydroxyl groups excluding tert-OH is 1. The van der Waals surface area contributed by atoms with Gasteiger partial charge in [0.2, 0.25) is 0 Å². The number of piperidine rings is 1. The van der Waals surface area contributed by atoms with Crippen LogP contribution in [0.5, 0.6) is 0 Å². The van der Waals surface area contributed by atoms with Crippen molar-refractivity contribution >= 4 is 24.1 Å². The van der Waals surface area contributed by atoms with E-state index in [4.69, 9.17) is 5.11 Å². The highest BCUT2D eigenvalue weighted by Crippen LogP contribution is 2.24. The number of nitrogens with zero attached hydrogens (tertiary/aromatic N) is 1. The number of hydrogen-bond acceptors (Lipinski definition) is 3. The fraction of sp³-hybridized carbons (Fsp3) is 0.417. The number of anilines is 1. The minimum absolute atomic E-state index is 0. The van der Waals surface area contributed by atoms with E-state index in [0.29, 0.717) is 31.5 Å². The monoisotopic (exact) mass is 257 g/mol. The molecule has 0 amide bonds. The SMILES string of the molecule is Cl.O=C(O)c1ccccc1N1CCC(O)CC1. The predicted molar refractivity (Wildman–Crippen MR) is 68.1 cm³/mol. The van der Waals surface area contributed by atoms with Gasteiger partial charge in [0.25, 0.3) is 0 Å². The van der Waals surface area contributed by atoms with E-state index in [1.165, 1.54) is 0 Å². The van der Waals surface area contributed by atoms with E-state index in [0.717, 1.165) is 5.69 Å². The van der Waals surface area contributed by atoms with Gasteiger partial charge >= 0.3 is 5.97 Å². The normalized spacial score (nSPS) is 16.4. The molecule has 1 aromatic rings. The Labute approximate surface area is 106 Å². The third-order valence-electron chi connectivity index (χ3n) is 2.94. The van der Waals surface area contributed by atoms with Crippen molar-refractivity contribution in [3.05, 3.63) is 29.8 Å². The summed E-state index contributed by atoms with van der Waals surface area (Å²) >= 11 is 0. The van der Waals surface area contributed by atoms with Crippen LogP contribution in [0.4, 0.5) is 5.69 Å². The van der Waals surface area contributed by atoms with Crippen LogP contribution in [-0.2, 0) is 0 Å². The van der Waals surface area contributed by atoms with Crippen LogP contribution in [0.1, 0.15) is 23.2 Å². The van der Waals surface area contributed by atoms with E-state index in [9.17, 15) is 9.90 Å². The van der Waals surface area contributed by atoms with Crippen LogP contribution in [0.2, 0.25) is 0 Å². The zero-order chi connectivity index (χ0) is 11.5. The van der Waals surface area contributed by atoms with Crippen LogP contribution in [-0.4, -0.2) is 35.4 Å². The first-order chi connectivity index (χ1) is 7.68. The van der Waals surface area contributed by atoms with Crippen LogP contribution in [0.15, 0.2) is 24.3 Å². The van der Waals surface area contributed by atoms with Crippen LogP contribution in [0, 0.1) is 0 Å². The number of benzene rings is 1. The topological polar surface area (TPSA) is 60.8 Å². The molecule has 0 unspecified atom stereocenters. The summed E-state index contributed by atoms with van der Waals surface area (Å²) in [5, 5.41) is 18.5. The molecule has 2 N–H and O–H groups in total. The summed E-state index contributed by atoms with van der Waals surface area (Å²) in [7, 11) is 0. The molecule has 1 fully saturated rings. The largest absolute Gasteiger partial charge is 0.478 e. The van der Waals surface area contributed by atoms with Gasteiger partial charge in [-0.2, -0.15) is 0 Å². The van der Waals surface area contributed by atoms with E-state index in [1.807, 2.05) is 17.0 Å². The van der Waals surface area contributed by atoms with Gasteiger partial charge in [0.15, 0.2) is 0 Å². The van der Waals surface area contributed by atoms with Crippen LogP contribution in [0.25, 0.3) is 0 Å². The lowest BCUT2D eigenvalue weighted by molar-refractivity contribution is 0.0697. The zero-order valence-corrected chi connectivity index (χ0v) is 10.2. The van der Waals surface area contributed by atoms with E-state index in [2.05, 4.69) is 0 Å². The Kier molecular flexibility index (Phi) is 4.78. The summed E-state index contributed by atoms with van der Waals surface area (Å²) in [6.07, 6.45) is 1.16. The fourth-order valence-corrected chi connectivity index (χ4v) is 2.04. The van der Waals surface area contributed by atoms with Crippen molar-refractivity contribution in [3.63, 3.8) is 0 Å². The zero-order valence-electron chi connectivity index (χ0n) is 9.37. The van der Waals surface area contributed by atoms with Gasteiger partial charge in [-0.1, -0.05) is 12.1 Å². The molecule has 5 heteroatoms. The summed E-state index contributed by atoms with van der Waals surface area (Å²) < 4.78 is 0. The van der Waals surface area contributed by atoms with Crippen LogP contribution >= 0.6 is 12.4 Å². The molecule has 0 atom stereocenters. The summed E-state index contributed by atoms with van der Waals surface area (Å²) in [4.78, 5) is 13.1. The number of aliphatic hydroxyl groups is 1. The maximum absolute atomic E-state index is 11.1. The van der Waals surface area contributed by atoms with Crippen molar-refractivity contribution in [1.82, 2.24) is 0 Å². The Morgan fingerprint density at radius 3 is 2.41 bits per heavy atom. The number of halogens is 1. The Hall–Kier alpha value is -1.26. The second-order valence-corrected chi connectivity index (χ2v) is 4.04. The number of aromatic carboxylic acids is 1. The number of hydrogen-bond donors (Lipinski definition) is 2. The highest BCUT2D eigenvalue weighted by Gasteiger charge is 2.20. The lowest BCUT2D eigenvalue weighted by Crippen LogP contribution is -2.36. The van der Waals surface area contributed by atoms with Crippen molar-refractivity contribution in [3.8, 4) is 0 Å². The number of carboxylic acid groups (broad SMARTS) is 1. The summed E-state index contributed by atoms with van der Waals surface area (Å²) in [5.41, 5.74) is 1.08. The van der Waals surface area contributed by atoms with E-state index in [1.54, 1.807) is 12.1 Å². The quantitative estimate of drug-likeness (QED) is 0.848. The number of rotatable bonds is 2. The molecule has 1 saturated heterocycles. The molecule has 0 spiro atoms. The minimum atomic E-state index is -0.901. The summed E-state index contributed by atoms with van der Waals surface area (Å²) in [6.45, 7) is 1.43. The third kappa shape index (κ3) is 3.11. The lowest BCUT2D eigenvalue weighted by Gasteiger charge is -2.32. The average Bonchev–Trinajstić information content (AvgIpc) is 2.30. The van der Waals surface area contributed by atoms with Crippen LogP contribution < -0.4 is 4.90 Å². The summed E-state index contributed by atoms with van der Waals surface area (Å²) in [6, 6.07) is 7.00. The maximum Gasteiger partial charge on any atom is 0.337 e. The van der Waals surface area contributed by atoms with E-state index >= 15 is 0 Å². The molecule has 94 valence electrons. The first-order valence-corrected chi connectivity index (χ1v) is 5.44. The van der Waals surface area contributed by atoms with Gasteiger partial charge in [0, 0.05) is 13.1 Å². The van der Waals surface area contributed by atoms with E-state index in [-0.39, 0.29) is 18.5 Å². The number of carbonyl (C=O) groups is 1. The first-order valence-electron chi connectivity index (χ1n) is 5.44. The molecule has 1 aliphatic heterocycles. The minimum Gasteiger partial charge on any atom is -0.478 e. The van der Waals surface area contributed by atoms with Gasteiger partial charge in [0.1, 0.15) is 0 Å². The smallest absolute Gasteiger partial charge is 0.337 e. The van der Waals surface area contributed by atoms with Crippen molar-refractivity contribution in [2.75, 3.05) is 18.0 Å². The number of carboxylic acids is 1. The molecular formula is C12H16ClNO3.